The molecule has 0 fully saturated rings. The smallest absolute Gasteiger partial charge is 0.326 e. The molecule has 0 saturated heterocycles. The Balaban J connectivity index is 0.00000280. The average Bonchev–Trinajstić information content (AvgIpc) is 2.67. The van der Waals surface area contributed by atoms with Crippen LogP contribution in [0, 0.1) is 0 Å². The van der Waals surface area contributed by atoms with Gasteiger partial charge in [0.2, 0.25) is 5.91 Å². The Morgan fingerprint density at radius 1 is 1.11 bits per heavy atom. The number of carbonyl (C=O) groups is 2. The number of para-hydroxylation sites is 1. The zero-order chi connectivity index (χ0) is 19.2. The van der Waals surface area contributed by atoms with E-state index in [0.29, 0.717) is 13.0 Å². The zero-order valence-corrected chi connectivity index (χ0v) is 16.4. The van der Waals surface area contributed by atoms with E-state index in [4.69, 9.17) is 5.73 Å². The van der Waals surface area contributed by atoms with Gasteiger partial charge >= 0.3 is 5.97 Å². The number of nitrogens with two attached hydrogens (primary N) is 1. The molecule has 3 rings (SSSR count). The number of carboxylic acids is 1. The molecule has 0 unspecified atom stereocenters. The van der Waals surface area contributed by atoms with E-state index in [1.807, 2.05) is 48.5 Å². The summed E-state index contributed by atoms with van der Waals surface area (Å²) in [7, 11) is 0. The monoisotopic (exact) mass is 403 g/mol. The van der Waals surface area contributed by atoms with Crippen molar-refractivity contribution in [2.24, 2.45) is 5.73 Å². The van der Waals surface area contributed by atoms with E-state index in [1.54, 1.807) is 0 Å². The molecule has 0 bridgehead atoms. The van der Waals surface area contributed by atoms with Crippen LogP contribution in [-0.2, 0) is 22.4 Å². The van der Waals surface area contributed by atoms with Gasteiger partial charge in [-0.15, -0.1) is 12.4 Å². The molecule has 6 nitrogen and oxygen atoms in total. The third-order valence-electron chi connectivity index (χ3n) is 4.83. The van der Waals surface area contributed by atoms with Gasteiger partial charge < -0.3 is 21.5 Å². The number of fused-ring (bicyclic) bond motifs is 1. The van der Waals surface area contributed by atoms with Gasteiger partial charge in [0.15, 0.2) is 0 Å². The van der Waals surface area contributed by atoms with Crippen LogP contribution < -0.4 is 16.4 Å². The number of aryl methyl sites for hydroxylation is 1. The summed E-state index contributed by atoms with van der Waals surface area (Å²) >= 11 is 0. The molecule has 0 aromatic heterocycles. The van der Waals surface area contributed by atoms with E-state index in [-0.39, 0.29) is 30.8 Å². The predicted octanol–water partition coefficient (Wildman–Crippen LogP) is 2.67. The van der Waals surface area contributed by atoms with Gasteiger partial charge in [-0.05, 0) is 42.1 Å². The maximum Gasteiger partial charge on any atom is 0.326 e. The molecule has 1 aliphatic heterocycles. The number of benzene rings is 2. The highest BCUT2D eigenvalue weighted by atomic mass is 35.5. The van der Waals surface area contributed by atoms with E-state index in [9.17, 15) is 14.7 Å². The quantitative estimate of drug-likeness (QED) is 0.569. The summed E-state index contributed by atoms with van der Waals surface area (Å²) in [6, 6.07) is 14.4. The number of anilines is 1. The van der Waals surface area contributed by atoms with Crippen LogP contribution in [0.3, 0.4) is 0 Å². The SMILES string of the molecule is Cl.NCCCc1ccc(CC(=O)N[C@H]2C[C@H](C(=O)O)Nc3ccccc32)cc1. The van der Waals surface area contributed by atoms with Crippen LogP contribution >= 0.6 is 12.4 Å². The van der Waals surface area contributed by atoms with Crippen LogP contribution in [0.15, 0.2) is 48.5 Å². The first-order chi connectivity index (χ1) is 13.1. The molecular weight excluding hydrogens is 378 g/mol. The van der Waals surface area contributed by atoms with E-state index >= 15 is 0 Å². The fraction of sp³-hybridized carbons (Fsp3) is 0.333. The fourth-order valence-electron chi connectivity index (χ4n) is 3.40. The third kappa shape index (κ3) is 5.47. The van der Waals surface area contributed by atoms with Crippen LogP contribution in [0.4, 0.5) is 5.69 Å². The Kier molecular flexibility index (Phi) is 7.84. The zero-order valence-electron chi connectivity index (χ0n) is 15.6. The molecule has 0 spiro atoms. The summed E-state index contributed by atoms with van der Waals surface area (Å²) in [5.41, 5.74) is 9.34. The van der Waals surface area contributed by atoms with Crippen molar-refractivity contribution in [3.8, 4) is 0 Å². The number of hydrogen-bond donors (Lipinski definition) is 4. The van der Waals surface area contributed by atoms with Crippen LogP contribution in [0.25, 0.3) is 0 Å². The first-order valence-corrected chi connectivity index (χ1v) is 9.22. The molecule has 1 aliphatic rings. The first-order valence-electron chi connectivity index (χ1n) is 9.22. The number of aliphatic carboxylic acids is 1. The molecule has 1 heterocycles. The van der Waals surface area contributed by atoms with E-state index in [2.05, 4.69) is 10.6 Å². The fourth-order valence-corrected chi connectivity index (χ4v) is 3.40. The summed E-state index contributed by atoms with van der Waals surface area (Å²) in [6.45, 7) is 0.666. The number of carboxylic acid groups (broad SMARTS) is 1. The molecular formula is C21H26ClN3O3. The van der Waals surface area contributed by atoms with Crippen molar-refractivity contribution in [3.05, 3.63) is 65.2 Å². The highest BCUT2D eigenvalue weighted by molar-refractivity contribution is 5.85. The maximum absolute atomic E-state index is 12.5. The molecule has 0 aliphatic carbocycles. The standard InChI is InChI=1S/C21H25N3O3.ClH/c22-11-3-4-14-7-9-15(10-8-14)12-20(25)24-18-13-19(21(26)27)23-17-6-2-1-5-16(17)18;/h1-2,5-10,18-19,23H,3-4,11-13,22H2,(H,24,25)(H,26,27);1H/t18-,19+;/m0./s1. The van der Waals surface area contributed by atoms with Crippen molar-refractivity contribution in [1.29, 1.82) is 0 Å². The Morgan fingerprint density at radius 2 is 1.79 bits per heavy atom. The predicted molar refractivity (Wildman–Crippen MR) is 112 cm³/mol. The number of hydrogen-bond acceptors (Lipinski definition) is 4. The van der Waals surface area contributed by atoms with E-state index in [1.165, 1.54) is 5.56 Å². The Morgan fingerprint density at radius 3 is 2.46 bits per heavy atom. The Hall–Kier alpha value is -2.57. The van der Waals surface area contributed by atoms with Gasteiger partial charge in [-0.3, -0.25) is 4.79 Å². The second-order valence-corrected chi connectivity index (χ2v) is 6.86. The molecule has 5 N–H and O–H groups in total. The minimum Gasteiger partial charge on any atom is -0.480 e. The van der Waals surface area contributed by atoms with Gasteiger partial charge in [-0.2, -0.15) is 0 Å². The van der Waals surface area contributed by atoms with Crippen molar-refractivity contribution in [2.45, 2.75) is 37.8 Å². The average molecular weight is 404 g/mol. The van der Waals surface area contributed by atoms with Gasteiger partial charge in [-0.1, -0.05) is 42.5 Å². The van der Waals surface area contributed by atoms with Crippen LogP contribution in [0.5, 0.6) is 0 Å². The summed E-state index contributed by atoms with van der Waals surface area (Å²) in [6.07, 6.45) is 2.46. The lowest BCUT2D eigenvalue weighted by molar-refractivity contribution is -0.138. The van der Waals surface area contributed by atoms with Crippen molar-refractivity contribution in [3.63, 3.8) is 0 Å². The molecule has 150 valence electrons. The molecule has 28 heavy (non-hydrogen) atoms. The van der Waals surface area contributed by atoms with Crippen molar-refractivity contribution in [2.75, 3.05) is 11.9 Å². The normalized spacial score (nSPS) is 17.6. The summed E-state index contributed by atoms with van der Waals surface area (Å²) in [5, 5.41) is 15.4. The lowest BCUT2D eigenvalue weighted by atomic mass is 9.92. The molecule has 7 heteroatoms. The molecule has 0 saturated carbocycles. The van der Waals surface area contributed by atoms with Crippen molar-refractivity contribution < 1.29 is 14.7 Å². The number of amides is 1. The minimum absolute atomic E-state index is 0. The van der Waals surface area contributed by atoms with Crippen molar-refractivity contribution in [1.82, 2.24) is 5.32 Å². The number of nitrogens with one attached hydrogen (secondary N) is 2. The van der Waals surface area contributed by atoms with Gasteiger partial charge in [-0.25, -0.2) is 4.79 Å². The first kappa shape index (κ1) is 21.7. The minimum atomic E-state index is -0.920. The van der Waals surface area contributed by atoms with Crippen LogP contribution in [0.2, 0.25) is 0 Å². The van der Waals surface area contributed by atoms with E-state index in [0.717, 1.165) is 29.7 Å². The third-order valence-corrected chi connectivity index (χ3v) is 4.83. The maximum atomic E-state index is 12.5. The molecule has 1 amide bonds. The highest BCUT2D eigenvalue weighted by Gasteiger charge is 2.31. The second-order valence-electron chi connectivity index (χ2n) is 6.86. The summed E-state index contributed by atoms with van der Waals surface area (Å²) < 4.78 is 0. The number of halogens is 1. The Bertz CT molecular complexity index is 811. The second kappa shape index (κ2) is 10.1. The molecule has 2 atom stereocenters. The van der Waals surface area contributed by atoms with Crippen molar-refractivity contribution >= 4 is 30.0 Å². The molecule has 0 radical (unpaired) electrons. The van der Waals surface area contributed by atoms with Gasteiger partial charge in [0, 0.05) is 12.1 Å². The Labute approximate surface area is 170 Å². The number of carbonyl (C=O) groups excluding carboxylic acids is 1. The molecule has 2 aromatic rings. The van der Waals surface area contributed by atoms with Gasteiger partial charge in [0.1, 0.15) is 6.04 Å². The van der Waals surface area contributed by atoms with Gasteiger partial charge in [0.25, 0.3) is 0 Å². The van der Waals surface area contributed by atoms with Crippen LogP contribution in [0.1, 0.15) is 35.6 Å². The topological polar surface area (TPSA) is 104 Å². The van der Waals surface area contributed by atoms with Gasteiger partial charge in [0.05, 0.1) is 12.5 Å². The number of rotatable bonds is 7. The molecule has 2 aromatic carbocycles. The highest BCUT2D eigenvalue weighted by Crippen LogP contribution is 2.32. The van der Waals surface area contributed by atoms with Crippen LogP contribution in [-0.4, -0.2) is 29.6 Å². The largest absolute Gasteiger partial charge is 0.480 e. The summed E-state index contributed by atoms with van der Waals surface area (Å²) in [4.78, 5) is 23.9. The summed E-state index contributed by atoms with van der Waals surface area (Å²) in [5.74, 6) is -1.03. The van der Waals surface area contributed by atoms with E-state index < -0.39 is 12.0 Å². The lowest BCUT2D eigenvalue weighted by Crippen LogP contribution is -2.41. The lowest BCUT2D eigenvalue weighted by Gasteiger charge is -2.31.